The summed E-state index contributed by atoms with van der Waals surface area (Å²) in [5.74, 6) is 0.644. The highest BCUT2D eigenvalue weighted by molar-refractivity contribution is 5.95. The van der Waals surface area contributed by atoms with Crippen molar-refractivity contribution in [2.24, 2.45) is 0 Å². The van der Waals surface area contributed by atoms with Crippen LogP contribution in [0.4, 0.5) is 0 Å². The molecule has 3 heterocycles. The average Bonchev–Trinajstić information content (AvgIpc) is 2.92. The first-order valence-electron chi connectivity index (χ1n) is 9.16. The van der Waals surface area contributed by atoms with Crippen LogP contribution in [0.2, 0.25) is 0 Å². The average molecular weight is 344 g/mol. The van der Waals surface area contributed by atoms with Gasteiger partial charge in [-0.15, -0.1) is 0 Å². The van der Waals surface area contributed by atoms with Gasteiger partial charge in [-0.1, -0.05) is 0 Å². The third-order valence-electron chi connectivity index (χ3n) is 4.82. The summed E-state index contributed by atoms with van der Waals surface area (Å²) < 4.78 is 7.47. The number of carbonyl (C=O) groups is 1. The predicted molar refractivity (Wildman–Crippen MR) is 98.3 cm³/mol. The van der Waals surface area contributed by atoms with E-state index in [1.807, 2.05) is 36.6 Å². The summed E-state index contributed by atoms with van der Waals surface area (Å²) in [4.78, 5) is 19.9. The quantitative estimate of drug-likeness (QED) is 0.906. The van der Waals surface area contributed by atoms with Crippen molar-refractivity contribution in [1.82, 2.24) is 19.6 Å². The van der Waals surface area contributed by atoms with Gasteiger partial charge in [0.25, 0.3) is 5.91 Å². The lowest BCUT2D eigenvalue weighted by Gasteiger charge is -2.35. The third kappa shape index (κ3) is 3.63. The van der Waals surface area contributed by atoms with Crippen molar-refractivity contribution in [2.75, 3.05) is 19.7 Å². The van der Waals surface area contributed by atoms with Crippen molar-refractivity contribution < 1.29 is 9.53 Å². The van der Waals surface area contributed by atoms with E-state index in [1.54, 1.807) is 0 Å². The van der Waals surface area contributed by atoms with E-state index < -0.39 is 0 Å². The molecule has 1 aliphatic rings. The number of piperidine rings is 1. The van der Waals surface area contributed by atoms with Crippen molar-refractivity contribution in [2.45, 2.75) is 52.6 Å². The van der Waals surface area contributed by atoms with Crippen LogP contribution in [0.5, 0.6) is 5.75 Å². The molecule has 1 atom stereocenters. The first-order valence-corrected chi connectivity index (χ1v) is 9.16. The normalized spacial score (nSPS) is 18.7. The Morgan fingerprint density at radius 1 is 1.48 bits per heavy atom. The van der Waals surface area contributed by atoms with E-state index in [-0.39, 0.29) is 11.9 Å². The zero-order valence-electron chi connectivity index (χ0n) is 15.6. The van der Waals surface area contributed by atoms with Gasteiger partial charge >= 0.3 is 0 Å². The lowest BCUT2D eigenvalue weighted by molar-refractivity contribution is 0.0880. The molecule has 1 amide bonds. The van der Waals surface area contributed by atoms with Gasteiger partial charge in [0, 0.05) is 24.8 Å². The second-order valence-corrected chi connectivity index (χ2v) is 6.95. The van der Waals surface area contributed by atoms with Crippen molar-refractivity contribution in [3.8, 4) is 5.75 Å². The number of nitrogens with one attached hydrogen (secondary N) is 1. The largest absolute Gasteiger partial charge is 0.490 e. The maximum atomic E-state index is 12.9. The summed E-state index contributed by atoms with van der Waals surface area (Å²) in [6.45, 7) is 10.8. The minimum Gasteiger partial charge on any atom is -0.490 e. The van der Waals surface area contributed by atoms with Crippen molar-refractivity contribution >= 4 is 11.6 Å². The van der Waals surface area contributed by atoms with E-state index in [9.17, 15) is 4.79 Å². The van der Waals surface area contributed by atoms with Crippen LogP contribution in [0.15, 0.2) is 18.3 Å². The smallest absolute Gasteiger partial charge is 0.270 e. The first kappa shape index (κ1) is 17.7. The first-order chi connectivity index (χ1) is 12.0. The molecule has 6 nitrogen and oxygen atoms in total. The Morgan fingerprint density at radius 3 is 3.00 bits per heavy atom. The van der Waals surface area contributed by atoms with Gasteiger partial charge in [-0.25, -0.2) is 4.98 Å². The fourth-order valence-electron chi connectivity index (χ4n) is 3.54. The molecule has 0 spiro atoms. The van der Waals surface area contributed by atoms with Gasteiger partial charge in [-0.05, 0) is 59.2 Å². The number of rotatable bonds is 5. The fourth-order valence-corrected chi connectivity index (χ4v) is 3.54. The number of nitrogens with zero attached hydrogens (tertiary/aromatic N) is 3. The van der Waals surface area contributed by atoms with E-state index in [0.717, 1.165) is 31.6 Å². The second-order valence-electron chi connectivity index (χ2n) is 6.95. The number of carbonyl (C=O) groups excluding carboxylic acids is 1. The van der Waals surface area contributed by atoms with Gasteiger partial charge < -0.3 is 10.1 Å². The maximum Gasteiger partial charge on any atom is 0.270 e. The highest BCUT2D eigenvalue weighted by Gasteiger charge is 2.25. The molecule has 1 saturated heterocycles. The molecule has 0 unspecified atom stereocenters. The van der Waals surface area contributed by atoms with Crippen LogP contribution in [-0.4, -0.2) is 52.0 Å². The molecule has 0 saturated carbocycles. The van der Waals surface area contributed by atoms with E-state index in [0.29, 0.717) is 29.7 Å². The highest BCUT2D eigenvalue weighted by Crippen LogP contribution is 2.22. The number of aryl methyl sites for hydroxylation is 1. The second kappa shape index (κ2) is 7.44. The number of hydrogen-bond donors (Lipinski definition) is 1. The van der Waals surface area contributed by atoms with Crippen LogP contribution < -0.4 is 10.1 Å². The number of ether oxygens (including phenoxy) is 1. The summed E-state index contributed by atoms with van der Waals surface area (Å²) >= 11 is 0. The monoisotopic (exact) mass is 344 g/mol. The van der Waals surface area contributed by atoms with E-state index in [4.69, 9.17) is 4.74 Å². The van der Waals surface area contributed by atoms with Gasteiger partial charge in [-0.2, -0.15) is 0 Å². The van der Waals surface area contributed by atoms with Crippen molar-refractivity contribution in [1.29, 1.82) is 0 Å². The summed E-state index contributed by atoms with van der Waals surface area (Å²) in [7, 11) is 0. The molecule has 25 heavy (non-hydrogen) atoms. The Bertz CT molecular complexity index is 753. The maximum absolute atomic E-state index is 12.9. The number of hydrogen-bond acceptors (Lipinski definition) is 4. The standard InChI is InChI=1S/C19H28N4O2/c1-5-25-16-9-7-11-23-17(14(4)20-18(16)23)19(24)21-15-8-6-10-22(12-15)13(2)3/h7,9,11,13,15H,5-6,8,10,12H2,1-4H3,(H,21,24)/t15-/m0/s1. The molecule has 2 aromatic rings. The zero-order chi connectivity index (χ0) is 18.0. The summed E-state index contributed by atoms with van der Waals surface area (Å²) in [5, 5.41) is 3.21. The number of fused-ring (bicyclic) bond motifs is 1. The predicted octanol–water partition coefficient (Wildman–Crippen LogP) is 2.64. The SMILES string of the molecule is CCOc1cccn2c(C(=O)N[C@H]3CCCN(C(C)C)C3)c(C)nc12. The molecule has 0 aromatic carbocycles. The Kier molecular flexibility index (Phi) is 5.27. The molecule has 3 rings (SSSR count). The number of likely N-dealkylation sites (tertiary alicyclic amines) is 1. The molecule has 0 aliphatic carbocycles. The molecule has 1 aliphatic heterocycles. The number of aromatic nitrogens is 2. The molecule has 0 bridgehead atoms. The van der Waals surface area contributed by atoms with Crippen LogP contribution in [-0.2, 0) is 0 Å². The number of imidazole rings is 1. The minimum absolute atomic E-state index is 0.0609. The fraction of sp³-hybridized carbons (Fsp3) is 0.579. The summed E-state index contributed by atoms with van der Waals surface area (Å²) in [6.07, 6.45) is 4.01. The van der Waals surface area contributed by atoms with Crippen LogP contribution in [0, 0.1) is 6.92 Å². The van der Waals surface area contributed by atoms with Crippen LogP contribution in [0.25, 0.3) is 5.65 Å². The zero-order valence-corrected chi connectivity index (χ0v) is 15.6. The molecule has 2 aromatic heterocycles. The van der Waals surface area contributed by atoms with Crippen LogP contribution in [0.1, 0.15) is 49.8 Å². The lowest BCUT2D eigenvalue weighted by Crippen LogP contribution is -2.49. The number of pyridine rings is 1. The lowest BCUT2D eigenvalue weighted by atomic mass is 10.0. The highest BCUT2D eigenvalue weighted by atomic mass is 16.5. The van der Waals surface area contributed by atoms with Crippen molar-refractivity contribution in [3.05, 3.63) is 29.7 Å². The summed E-state index contributed by atoms with van der Waals surface area (Å²) in [5.41, 5.74) is 2.01. The van der Waals surface area contributed by atoms with Crippen LogP contribution in [0.3, 0.4) is 0 Å². The van der Waals surface area contributed by atoms with Gasteiger partial charge in [0.15, 0.2) is 11.4 Å². The van der Waals surface area contributed by atoms with Gasteiger partial charge in [0.05, 0.1) is 12.3 Å². The van der Waals surface area contributed by atoms with Gasteiger partial charge in [0.2, 0.25) is 0 Å². The molecule has 0 radical (unpaired) electrons. The Morgan fingerprint density at radius 2 is 2.28 bits per heavy atom. The molecular formula is C19H28N4O2. The molecule has 136 valence electrons. The summed E-state index contributed by atoms with van der Waals surface area (Å²) in [6, 6.07) is 4.46. The van der Waals surface area contributed by atoms with E-state index >= 15 is 0 Å². The van der Waals surface area contributed by atoms with Gasteiger partial charge in [-0.3, -0.25) is 14.1 Å². The number of amides is 1. The van der Waals surface area contributed by atoms with Crippen molar-refractivity contribution in [3.63, 3.8) is 0 Å². The third-order valence-corrected chi connectivity index (χ3v) is 4.82. The Balaban J connectivity index is 1.82. The minimum atomic E-state index is -0.0609. The molecule has 6 heteroatoms. The van der Waals surface area contributed by atoms with Gasteiger partial charge in [0.1, 0.15) is 5.69 Å². The molecule has 1 fully saturated rings. The van der Waals surface area contributed by atoms with E-state index in [2.05, 4.69) is 29.0 Å². The van der Waals surface area contributed by atoms with E-state index in [1.165, 1.54) is 0 Å². The molecular weight excluding hydrogens is 316 g/mol. The Labute approximate surface area is 149 Å². The van der Waals surface area contributed by atoms with Crippen LogP contribution >= 0.6 is 0 Å². The molecule has 1 N–H and O–H groups in total. The Hall–Kier alpha value is -2.08. The topological polar surface area (TPSA) is 58.9 Å².